The number of nitrogens with zero attached hydrogens (tertiary/aromatic N) is 2. The smallest absolute Gasteiger partial charge is 0.265 e. The molecular weight excluding hydrogens is 366 g/mol. The molecule has 142 valence electrons. The molecule has 3 amide bonds. The van der Waals surface area contributed by atoms with Gasteiger partial charge in [0.05, 0.1) is 10.6 Å². The van der Waals surface area contributed by atoms with E-state index in [-0.39, 0.29) is 30.9 Å². The summed E-state index contributed by atoms with van der Waals surface area (Å²) in [6.07, 6.45) is 0. The van der Waals surface area contributed by atoms with Gasteiger partial charge in [0.15, 0.2) is 6.61 Å². The number of benzene rings is 1. The van der Waals surface area contributed by atoms with Crippen molar-refractivity contribution in [1.82, 2.24) is 4.90 Å². The van der Waals surface area contributed by atoms with Crippen molar-refractivity contribution in [3.63, 3.8) is 0 Å². The van der Waals surface area contributed by atoms with Gasteiger partial charge in [0, 0.05) is 18.8 Å². The summed E-state index contributed by atoms with van der Waals surface area (Å²) in [5.74, 6) is -0.131. The molecule has 1 aromatic carbocycles. The van der Waals surface area contributed by atoms with E-state index in [2.05, 4.69) is 5.32 Å². The predicted molar refractivity (Wildman–Crippen MR) is 104 cm³/mol. The lowest BCUT2D eigenvalue weighted by molar-refractivity contribution is -0.131. The first-order valence-electron chi connectivity index (χ1n) is 8.73. The van der Waals surface area contributed by atoms with Crippen molar-refractivity contribution >= 4 is 40.4 Å². The standard InChI is InChI=1S/C19H21N3O4S/c1-3-21(4-2)17(23)11-22-14-10-13(7-8-15(14)26-12-18(22)24)20-19(25)16-6-5-9-27-16/h5-10H,3-4,11-12H2,1-2H3,(H,20,25). The summed E-state index contributed by atoms with van der Waals surface area (Å²) in [6.45, 7) is 4.79. The van der Waals surface area contributed by atoms with E-state index in [0.29, 0.717) is 35.1 Å². The first-order chi connectivity index (χ1) is 13.0. The molecule has 1 aromatic heterocycles. The van der Waals surface area contributed by atoms with Gasteiger partial charge in [-0.05, 0) is 43.5 Å². The Balaban J connectivity index is 1.83. The first kappa shape index (κ1) is 18.9. The molecule has 0 unspecified atom stereocenters. The van der Waals surface area contributed by atoms with Gasteiger partial charge in [-0.1, -0.05) is 6.07 Å². The number of fused-ring (bicyclic) bond motifs is 1. The Morgan fingerprint density at radius 1 is 1.26 bits per heavy atom. The fourth-order valence-corrected chi connectivity index (χ4v) is 3.48. The second kappa shape index (κ2) is 8.22. The van der Waals surface area contributed by atoms with E-state index in [1.807, 2.05) is 19.2 Å². The van der Waals surface area contributed by atoms with Crippen molar-refractivity contribution in [2.24, 2.45) is 0 Å². The SMILES string of the molecule is CCN(CC)C(=O)CN1C(=O)COc2ccc(NC(=O)c3cccs3)cc21. The van der Waals surface area contributed by atoms with Crippen molar-refractivity contribution in [2.75, 3.05) is 36.5 Å². The Labute approximate surface area is 161 Å². The number of nitrogens with one attached hydrogen (secondary N) is 1. The van der Waals surface area contributed by atoms with Gasteiger partial charge < -0.3 is 15.0 Å². The molecule has 0 saturated carbocycles. The fraction of sp³-hybridized carbons (Fsp3) is 0.316. The van der Waals surface area contributed by atoms with Crippen molar-refractivity contribution in [1.29, 1.82) is 0 Å². The number of hydrogen-bond donors (Lipinski definition) is 1. The van der Waals surface area contributed by atoms with Gasteiger partial charge in [-0.25, -0.2) is 0 Å². The Morgan fingerprint density at radius 3 is 2.70 bits per heavy atom. The summed E-state index contributed by atoms with van der Waals surface area (Å²) in [4.78, 5) is 40.8. The molecule has 7 nitrogen and oxygen atoms in total. The minimum atomic E-state index is -0.287. The van der Waals surface area contributed by atoms with Crippen LogP contribution in [-0.4, -0.2) is 48.9 Å². The minimum Gasteiger partial charge on any atom is -0.482 e. The first-order valence-corrected chi connectivity index (χ1v) is 9.61. The monoisotopic (exact) mass is 387 g/mol. The molecule has 27 heavy (non-hydrogen) atoms. The summed E-state index contributed by atoms with van der Waals surface area (Å²) in [6, 6.07) is 8.61. The lowest BCUT2D eigenvalue weighted by Crippen LogP contribution is -2.46. The van der Waals surface area contributed by atoms with Gasteiger partial charge in [-0.15, -0.1) is 11.3 Å². The largest absolute Gasteiger partial charge is 0.482 e. The van der Waals surface area contributed by atoms with Crippen LogP contribution in [0, 0.1) is 0 Å². The number of likely N-dealkylation sites (N-methyl/N-ethyl adjacent to an activating group) is 1. The summed E-state index contributed by atoms with van der Waals surface area (Å²) < 4.78 is 5.47. The topological polar surface area (TPSA) is 79.0 Å². The zero-order valence-corrected chi connectivity index (χ0v) is 16.0. The molecule has 0 aliphatic carbocycles. The highest BCUT2D eigenvalue weighted by atomic mass is 32.1. The molecule has 8 heteroatoms. The number of anilines is 2. The van der Waals surface area contributed by atoms with Crippen LogP contribution in [0.4, 0.5) is 11.4 Å². The molecule has 2 aromatic rings. The number of ether oxygens (including phenoxy) is 1. The molecule has 1 N–H and O–H groups in total. The Bertz CT molecular complexity index is 847. The van der Waals surface area contributed by atoms with E-state index in [4.69, 9.17) is 4.74 Å². The van der Waals surface area contributed by atoms with E-state index >= 15 is 0 Å². The van der Waals surface area contributed by atoms with Crippen LogP contribution in [-0.2, 0) is 9.59 Å². The second-order valence-corrected chi connectivity index (χ2v) is 6.90. The van der Waals surface area contributed by atoms with Gasteiger partial charge in [0.2, 0.25) is 5.91 Å². The van der Waals surface area contributed by atoms with Crippen LogP contribution in [0.5, 0.6) is 5.75 Å². The Hall–Kier alpha value is -2.87. The zero-order valence-electron chi connectivity index (χ0n) is 15.2. The van der Waals surface area contributed by atoms with Crippen LogP contribution in [0.3, 0.4) is 0 Å². The third-order valence-electron chi connectivity index (χ3n) is 4.31. The molecule has 1 aliphatic heterocycles. The molecule has 2 heterocycles. The third kappa shape index (κ3) is 4.11. The zero-order chi connectivity index (χ0) is 19.4. The van der Waals surface area contributed by atoms with Crippen LogP contribution in [0.1, 0.15) is 23.5 Å². The van der Waals surface area contributed by atoms with E-state index in [9.17, 15) is 14.4 Å². The van der Waals surface area contributed by atoms with Crippen molar-refractivity contribution in [3.05, 3.63) is 40.6 Å². The average molecular weight is 387 g/mol. The molecule has 0 saturated heterocycles. The molecule has 1 aliphatic rings. The highest BCUT2D eigenvalue weighted by Crippen LogP contribution is 2.34. The quantitative estimate of drug-likeness (QED) is 0.826. The van der Waals surface area contributed by atoms with Gasteiger partial charge >= 0.3 is 0 Å². The maximum absolute atomic E-state index is 12.5. The van der Waals surface area contributed by atoms with Crippen LogP contribution < -0.4 is 15.0 Å². The molecular formula is C19H21N3O4S. The Morgan fingerprint density at radius 2 is 2.04 bits per heavy atom. The van der Waals surface area contributed by atoms with Crippen molar-refractivity contribution in [2.45, 2.75) is 13.8 Å². The highest BCUT2D eigenvalue weighted by Gasteiger charge is 2.29. The number of carbonyl (C=O) groups excluding carboxylic acids is 3. The molecule has 0 spiro atoms. The van der Waals surface area contributed by atoms with Crippen molar-refractivity contribution < 1.29 is 19.1 Å². The van der Waals surface area contributed by atoms with Crippen LogP contribution >= 0.6 is 11.3 Å². The van der Waals surface area contributed by atoms with Gasteiger partial charge in [-0.2, -0.15) is 0 Å². The Kier molecular flexibility index (Phi) is 5.75. The van der Waals surface area contributed by atoms with Crippen molar-refractivity contribution in [3.8, 4) is 5.75 Å². The van der Waals surface area contributed by atoms with Crippen LogP contribution in [0.2, 0.25) is 0 Å². The second-order valence-electron chi connectivity index (χ2n) is 5.95. The number of thiophene rings is 1. The summed E-state index contributed by atoms with van der Waals surface area (Å²) >= 11 is 1.35. The third-order valence-corrected chi connectivity index (χ3v) is 5.18. The number of carbonyl (C=O) groups is 3. The average Bonchev–Trinajstić information content (AvgIpc) is 3.20. The van der Waals surface area contributed by atoms with Crippen LogP contribution in [0.15, 0.2) is 35.7 Å². The number of hydrogen-bond acceptors (Lipinski definition) is 5. The molecule has 3 rings (SSSR count). The van der Waals surface area contributed by atoms with Gasteiger partial charge in [-0.3, -0.25) is 19.3 Å². The van der Waals surface area contributed by atoms with E-state index < -0.39 is 0 Å². The summed E-state index contributed by atoms with van der Waals surface area (Å²) in [5.41, 5.74) is 1.02. The lowest BCUT2D eigenvalue weighted by Gasteiger charge is -2.31. The minimum absolute atomic E-state index is 0.0564. The van der Waals surface area contributed by atoms with Crippen LogP contribution in [0.25, 0.3) is 0 Å². The van der Waals surface area contributed by atoms with Gasteiger partial charge in [0.25, 0.3) is 11.8 Å². The molecule has 0 fully saturated rings. The normalized spacial score (nSPS) is 13.0. The molecule has 0 atom stereocenters. The maximum atomic E-state index is 12.5. The van der Waals surface area contributed by atoms with Gasteiger partial charge in [0.1, 0.15) is 12.3 Å². The maximum Gasteiger partial charge on any atom is 0.265 e. The number of amides is 3. The lowest BCUT2D eigenvalue weighted by atomic mass is 10.2. The predicted octanol–water partition coefficient (Wildman–Crippen LogP) is 2.59. The fourth-order valence-electron chi connectivity index (χ4n) is 2.87. The summed E-state index contributed by atoms with van der Waals surface area (Å²) in [5, 5.41) is 4.64. The summed E-state index contributed by atoms with van der Waals surface area (Å²) in [7, 11) is 0. The van der Waals surface area contributed by atoms with E-state index in [1.165, 1.54) is 16.2 Å². The molecule has 0 radical (unpaired) electrons. The number of rotatable bonds is 6. The molecule has 0 bridgehead atoms. The highest BCUT2D eigenvalue weighted by molar-refractivity contribution is 7.12. The van der Waals surface area contributed by atoms with E-state index in [0.717, 1.165) is 0 Å². The van der Waals surface area contributed by atoms with E-state index in [1.54, 1.807) is 35.2 Å².